The SMILES string of the molecule is O[C@H](C1CCCN(Cc2ccccc2)C1)C(F)(F)F. The Morgan fingerprint density at radius 3 is 2.58 bits per heavy atom. The molecule has 0 saturated carbocycles. The van der Waals surface area contributed by atoms with Crippen LogP contribution in [0.3, 0.4) is 0 Å². The van der Waals surface area contributed by atoms with Crippen molar-refractivity contribution in [1.82, 2.24) is 4.90 Å². The van der Waals surface area contributed by atoms with Gasteiger partial charge < -0.3 is 5.11 Å². The van der Waals surface area contributed by atoms with Gasteiger partial charge in [0.25, 0.3) is 0 Å². The van der Waals surface area contributed by atoms with Crippen LogP contribution < -0.4 is 0 Å². The normalized spacial score (nSPS) is 23.3. The summed E-state index contributed by atoms with van der Waals surface area (Å²) in [5.74, 6) is -0.711. The van der Waals surface area contributed by atoms with E-state index in [0.717, 1.165) is 12.1 Å². The highest BCUT2D eigenvalue weighted by molar-refractivity contribution is 5.14. The summed E-state index contributed by atoms with van der Waals surface area (Å²) in [6, 6.07) is 9.67. The molecule has 0 bridgehead atoms. The van der Waals surface area contributed by atoms with Crippen molar-refractivity contribution in [2.24, 2.45) is 5.92 Å². The predicted octanol–water partition coefficient (Wildman–Crippen LogP) is 2.82. The minimum Gasteiger partial charge on any atom is -0.383 e. The van der Waals surface area contributed by atoms with Crippen LogP contribution in [0, 0.1) is 5.92 Å². The van der Waals surface area contributed by atoms with E-state index >= 15 is 0 Å². The second kappa shape index (κ2) is 5.92. The van der Waals surface area contributed by atoms with Crippen molar-refractivity contribution in [2.75, 3.05) is 13.1 Å². The predicted molar refractivity (Wildman–Crippen MR) is 66.5 cm³/mol. The van der Waals surface area contributed by atoms with Gasteiger partial charge >= 0.3 is 6.18 Å². The molecular weight excluding hydrogens is 255 g/mol. The Morgan fingerprint density at radius 2 is 1.95 bits per heavy atom. The van der Waals surface area contributed by atoms with E-state index in [1.807, 2.05) is 35.2 Å². The zero-order chi connectivity index (χ0) is 13.9. The Kier molecular flexibility index (Phi) is 4.47. The summed E-state index contributed by atoms with van der Waals surface area (Å²) in [5.41, 5.74) is 1.09. The quantitative estimate of drug-likeness (QED) is 0.915. The maximum atomic E-state index is 12.5. The second-order valence-corrected chi connectivity index (χ2v) is 5.11. The lowest BCUT2D eigenvalue weighted by atomic mass is 9.92. The fraction of sp³-hybridized carbons (Fsp3) is 0.571. The highest BCUT2D eigenvalue weighted by Gasteiger charge is 2.44. The topological polar surface area (TPSA) is 23.5 Å². The lowest BCUT2D eigenvalue weighted by molar-refractivity contribution is -0.223. The fourth-order valence-corrected chi connectivity index (χ4v) is 2.60. The number of alkyl halides is 3. The van der Waals surface area contributed by atoms with E-state index in [2.05, 4.69) is 0 Å². The number of hydrogen-bond donors (Lipinski definition) is 1. The van der Waals surface area contributed by atoms with Crippen LogP contribution in [0.2, 0.25) is 0 Å². The van der Waals surface area contributed by atoms with Gasteiger partial charge in [0.1, 0.15) is 0 Å². The van der Waals surface area contributed by atoms with Crippen LogP contribution in [-0.4, -0.2) is 35.4 Å². The average molecular weight is 273 g/mol. The van der Waals surface area contributed by atoms with Gasteiger partial charge in [-0.1, -0.05) is 30.3 Å². The van der Waals surface area contributed by atoms with Crippen LogP contribution in [-0.2, 0) is 6.54 Å². The molecule has 1 aliphatic rings. The molecule has 0 amide bonds. The zero-order valence-corrected chi connectivity index (χ0v) is 10.6. The van der Waals surface area contributed by atoms with Crippen LogP contribution in [0.4, 0.5) is 13.2 Å². The Labute approximate surface area is 110 Å². The van der Waals surface area contributed by atoms with Crippen molar-refractivity contribution in [3.8, 4) is 0 Å². The van der Waals surface area contributed by atoms with E-state index in [-0.39, 0.29) is 0 Å². The first-order chi connectivity index (χ1) is 8.97. The molecule has 1 heterocycles. The lowest BCUT2D eigenvalue weighted by Crippen LogP contribution is -2.45. The highest BCUT2D eigenvalue weighted by atomic mass is 19.4. The molecule has 106 valence electrons. The van der Waals surface area contributed by atoms with E-state index in [9.17, 15) is 18.3 Å². The molecule has 19 heavy (non-hydrogen) atoms. The minimum atomic E-state index is -4.51. The molecule has 1 fully saturated rings. The lowest BCUT2D eigenvalue weighted by Gasteiger charge is -2.35. The first-order valence-corrected chi connectivity index (χ1v) is 6.48. The van der Waals surface area contributed by atoms with E-state index in [1.165, 1.54) is 0 Å². The Morgan fingerprint density at radius 1 is 1.26 bits per heavy atom. The van der Waals surface area contributed by atoms with Gasteiger partial charge in [-0.15, -0.1) is 0 Å². The first kappa shape index (κ1) is 14.3. The number of rotatable bonds is 3. The summed E-state index contributed by atoms with van der Waals surface area (Å²) in [6.07, 6.45) is -5.58. The smallest absolute Gasteiger partial charge is 0.383 e. The molecule has 1 N–H and O–H groups in total. The molecule has 1 aliphatic heterocycles. The van der Waals surface area contributed by atoms with Gasteiger partial charge in [-0.25, -0.2) is 0 Å². The molecular formula is C14H18F3NO. The molecule has 1 aromatic rings. The van der Waals surface area contributed by atoms with Gasteiger partial charge in [-0.2, -0.15) is 13.2 Å². The number of aliphatic hydroxyl groups excluding tert-OH is 1. The fourth-order valence-electron chi connectivity index (χ4n) is 2.60. The third-order valence-electron chi connectivity index (χ3n) is 3.57. The Bertz CT molecular complexity index is 393. The number of halogens is 3. The summed E-state index contributed by atoms with van der Waals surface area (Å²) in [4.78, 5) is 1.98. The molecule has 0 aliphatic carbocycles. The van der Waals surface area contributed by atoms with Crippen molar-refractivity contribution >= 4 is 0 Å². The summed E-state index contributed by atoms with van der Waals surface area (Å²) in [5, 5.41) is 9.34. The van der Waals surface area contributed by atoms with Crippen LogP contribution >= 0.6 is 0 Å². The summed E-state index contributed by atoms with van der Waals surface area (Å²) in [6.45, 7) is 1.73. The van der Waals surface area contributed by atoms with Gasteiger partial charge in [-0.3, -0.25) is 4.90 Å². The molecule has 0 radical (unpaired) electrons. The van der Waals surface area contributed by atoms with Crippen molar-refractivity contribution < 1.29 is 18.3 Å². The summed E-state index contributed by atoms with van der Waals surface area (Å²) < 4.78 is 37.6. The van der Waals surface area contributed by atoms with E-state index < -0.39 is 18.2 Å². The molecule has 1 unspecified atom stereocenters. The summed E-state index contributed by atoms with van der Waals surface area (Å²) >= 11 is 0. The van der Waals surface area contributed by atoms with Crippen molar-refractivity contribution in [1.29, 1.82) is 0 Å². The minimum absolute atomic E-state index is 0.301. The number of nitrogens with zero attached hydrogens (tertiary/aromatic N) is 1. The first-order valence-electron chi connectivity index (χ1n) is 6.48. The molecule has 2 atom stereocenters. The summed E-state index contributed by atoms with van der Waals surface area (Å²) in [7, 11) is 0. The zero-order valence-electron chi connectivity index (χ0n) is 10.6. The number of benzene rings is 1. The monoisotopic (exact) mass is 273 g/mol. The largest absolute Gasteiger partial charge is 0.414 e. The van der Waals surface area contributed by atoms with Crippen LogP contribution in [0.5, 0.6) is 0 Å². The molecule has 2 rings (SSSR count). The maximum Gasteiger partial charge on any atom is 0.414 e. The standard InChI is InChI=1S/C14H18F3NO/c15-14(16,17)13(19)12-7-4-8-18(10-12)9-11-5-2-1-3-6-11/h1-3,5-6,12-13,19H,4,7-10H2/t12?,13-/m1/s1. The van der Waals surface area contributed by atoms with Crippen molar-refractivity contribution in [3.63, 3.8) is 0 Å². The average Bonchev–Trinajstić information content (AvgIpc) is 2.38. The van der Waals surface area contributed by atoms with E-state index in [0.29, 0.717) is 25.9 Å². The van der Waals surface area contributed by atoms with Crippen LogP contribution in [0.25, 0.3) is 0 Å². The van der Waals surface area contributed by atoms with Crippen LogP contribution in [0.1, 0.15) is 18.4 Å². The number of aliphatic hydroxyl groups is 1. The molecule has 5 heteroatoms. The molecule has 0 spiro atoms. The Balaban J connectivity index is 1.94. The Hall–Kier alpha value is -1.07. The number of likely N-dealkylation sites (tertiary alicyclic amines) is 1. The molecule has 0 aromatic heterocycles. The van der Waals surface area contributed by atoms with Gasteiger partial charge in [-0.05, 0) is 24.9 Å². The maximum absolute atomic E-state index is 12.5. The van der Waals surface area contributed by atoms with Crippen molar-refractivity contribution in [3.05, 3.63) is 35.9 Å². The van der Waals surface area contributed by atoms with Gasteiger partial charge in [0.05, 0.1) is 0 Å². The van der Waals surface area contributed by atoms with Crippen LogP contribution in [0.15, 0.2) is 30.3 Å². The highest BCUT2D eigenvalue weighted by Crippen LogP contribution is 2.31. The molecule has 1 saturated heterocycles. The second-order valence-electron chi connectivity index (χ2n) is 5.11. The van der Waals surface area contributed by atoms with Gasteiger partial charge in [0.15, 0.2) is 6.10 Å². The number of hydrogen-bond acceptors (Lipinski definition) is 2. The third kappa shape index (κ3) is 3.94. The van der Waals surface area contributed by atoms with Gasteiger partial charge in [0.2, 0.25) is 0 Å². The van der Waals surface area contributed by atoms with Gasteiger partial charge in [0, 0.05) is 19.0 Å². The van der Waals surface area contributed by atoms with E-state index in [1.54, 1.807) is 0 Å². The van der Waals surface area contributed by atoms with Crippen molar-refractivity contribution in [2.45, 2.75) is 31.7 Å². The number of piperidine rings is 1. The third-order valence-corrected chi connectivity index (χ3v) is 3.57. The van der Waals surface area contributed by atoms with E-state index in [4.69, 9.17) is 0 Å². The molecule has 1 aromatic carbocycles. The molecule has 2 nitrogen and oxygen atoms in total.